The van der Waals surface area contributed by atoms with Crippen LogP contribution in [0.2, 0.25) is 5.02 Å². The molecule has 1 aromatic carbocycles. The van der Waals surface area contributed by atoms with Gasteiger partial charge in [0.15, 0.2) is 0 Å². The fourth-order valence-corrected chi connectivity index (χ4v) is 3.60. The minimum Gasteiger partial charge on any atom is -0.295 e. The van der Waals surface area contributed by atoms with E-state index in [1.807, 2.05) is 0 Å². The summed E-state index contributed by atoms with van der Waals surface area (Å²) < 4.78 is 80.3. The first-order valence-electron chi connectivity index (χ1n) is 7.39. The number of hydrogen-bond donors (Lipinski definition) is 1. The number of hydrogen-bond acceptors (Lipinski definition) is 3. The van der Waals surface area contributed by atoms with E-state index in [1.54, 1.807) is 0 Å². The second-order valence-corrected chi connectivity index (χ2v) is 8.05. The highest BCUT2D eigenvalue weighted by molar-refractivity contribution is 7.92. The molecule has 1 N–H and O–H groups in total. The van der Waals surface area contributed by atoms with Crippen LogP contribution < -0.4 is 4.72 Å². The number of rotatable bonds is 3. The van der Waals surface area contributed by atoms with Crippen molar-refractivity contribution >= 4 is 33.0 Å². The molecule has 11 heteroatoms. The van der Waals surface area contributed by atoms with Crippen LogP contribution in [0.15, 0.2) is 30.6 Å². The Morgan fingerprint density at radius 2 is 1.89 bits per heavy atom. The van der Waals surface area contributed by atoms with E-state index in [0.717, 1.165) is 29.1 Å². The van der Waals surface area contributed by atoms with Crippen LogP contribution in [-0.2, 0) is 16.2 Å². The molecule has 0 saturated carbocycles. The van der Waals surface area contributed by atoms with Gasteiger partial charge in [0.2, 0.25) is 10.0 Å². The van der Waals surface area contributed by atoms with Crippen molar-refractivity contribution < 1.29 is 26.0 Å². The summed E-state index contributed by atoms with van der Waals surface area (Å²) in [7, 11) is -3.65. The number of nitrogens with one attached hydrogen (secondary N) is 1. The van der Waals surface area contributed by atoms with Crippen molar-refractivity contribution in [3.63, 3.8) is 0 Å². The van der Waals surface area contributed by atoms with Crippen LogP contribution in [0.25, 0.3) is 16.8 Å². The number of benzene rings is 1. The van der Waals surface area contributed by atoms with Crippen molar-refractivity contribution in [3.8, 4) is 11.1 Å². The lowest BCUT2D eigenvalue weighted by Crippen LogP contribution is -2.12. The predicted octanol–water partition coefficient (Wildman–Crippen LogP) is 4.49. The van der Waals surface area contributed by atoms with Crippen LogP contribution in [0, 0.1) is 12.7 Å². The molecule has 2 heterocycles. The van der Waals surface area contributed by atoms with Gasteiger partial charge in [0.05, 0.1) is 17.0 Å². The van der Waals surface area contributed by atoms with Crippen LogP contribution in [0.5, 0.6) is 0 Å². The quantitative estimate of drug-likeness (QED) is 0.634. The van der Waals surface area contributed by atoms with Gasteiger partial charge in [0.1, 0.15) is 17.2 Å². The summed E-state index contributed by atoms with van der Waals surface area (Å²) in [5.41, 5.74) is -1.15. The summed E-state index contributed by atoms with van der Waals surface area (Å²) in [6.45, 7) is 1.49. The Balaban J connectivity index is 2.32. The lowest BCUT2D eigenvalue weighted by molar-refractivity contribution is -0.142. The molecule has 3 rings (SSSR count). The first kappa shape index (κ1) is 19.4. The highest BCUT2D eigenvalue weighted by Crippen LogP contribution is 2.40. The summed E-state index contributed by atoms with van der Waals surface area (Å²) in [6, 6.07) is 2.92. The van der Waals surface area contributed by atoms with E-state index in [4.69, 9.17) is 11.6 Å². The third-order valence-corrected chi connectivity index (χ3v) is 4.68. The zero-order valence-corrected chi connectivity index (χ0v) is 15.5. The van der Waals surface area contributed by atoms with Crippen LogP contribution in [0.4, 0.5) is 23.2 Å². The van der Waals surface area contributed by atoms with Crippen LogP contribution in [0.1, 0.15) is 11.3 Å². The van der Waals surface area contributed by atoms with Gasteiger partial charge in [-0.15, -0.1) is 0 Å². The molecule has 0 saturated heterocycles. The van der Waals surface area contributed by atoms with E-state index in [9.17, 15) is 26.0 Å². The SMILES string of the molecule is Cc1cc(F)c(-c2c(Cl)cc(C(F)(F)F)n3ccnc23)cc1NS(C)(=O)=O. The molecule has 27 heavy (non-hydrogen) atoms. The minimum absolute atomic E-state index is 0.0783. The Labute approximate surface area is 156 Å². The monoisotopic (exact) mass is 421 g/mol. The maximum Gasteiger partial charge on any atom is 0.431 e. The molecule has 5 nitrogen and oxygen atoms in total. The van der Waals surface area contributed by atoms with Gasteiger partial charge in [0.25, 0.3) is 0 Å². The highest BCUT2D eigenvalue weighted by Gasteiger charge is 2.35. The number of sulfonamides is 1. The van der Waals surface area contributed by atoms with Gasteiger partial charge in [-0.25, -0.2) is 17.8 Å². The molecule has 0 spiro atoms. The number of fused-ring (bicyclic) bond motifs is 1. The predicted molar refractivity (Wildman–Crippen MR) is 93.8 cm³/mol. The number of anilines is 1. The molecule has 144 valence electrons. The molecule has 0 radical (unpaired) electrons. The fraction of sp³-hybridized carbons (Fsp3) is 0.188. The van der Waals surface area contributed by atoms with Crippen molar-refractivity contribution in [2.75, 3.05) is 11.0 Å². The highest BCUT2D eigenvalue weighted by atomic mass is 35.5. The molecule has 0 unspecified atom stereocenters. The van der Waals surface area contributed by atoms with E-state index >= 15 is 0 Å². The molecule has 0 aliphatic heterocycles. The Morgan fingerprint density at radius 3 is 2.48 bits per heavy atom. The topological polar surface area (TPSA) is 63.5 Å². The summed E-state index contributed by atoms with van der Waals surface area (Å²) >= 11 is 6.04. The molecule has 0 aliphatic carbocycles. The molecule has 0 amide bonds. The molecule has 0 bridgehead atoms. The second-order valence-electron chi connectivity index (χ2n) is 5.89. The number of aryl methyl sites for hydroxylation is 1. The summed E-state index contributed by atoms with van der Waals surface area (Å²) in [6.07, 6.45) is -1.56. The first-order chi connectivity index (χ1) is 12.4. The van der Waals surface area contributed by atoms with Crippen molar-refractivity contribution in [2.24, 2.45) is 0 Å². The summed E-state index contributed by atoms with van der Waals surface area (Å²) in [5.74, 6) is -0.780. The van der Waals surface area contributed by atoms with Gasteiger partial charge in [-0.3, -0.25) is 9.12 Å². The maximum atomic E-state index is 14.6. The summed E-state index contributed by atoms with van der Waals surface area (Å²) in [4.78, 5) is 3.87. The normalized spacial score (nSPS) is 12.6. The Kier molecular flexibility index (Phi) is 4.59. The summed E-state index contributed by atoms with van der Waals surface area (Å²) in [5, 5.41) is -0.367. The molecular formula is C16H12ClF4N3O2S. The Bertz CT molecular complexity index is 1160. The molecule has 0 atom stereocenters. The van der Waals surface area contributed by atoms with Crippen LogP contribution >= 0.6 is 11.6 Å². The zero-order chi connectivity index (χ0) is 20.1. The smallest absolute Gasteiger partial charge is 0.295 e. The Morgan fingerprint density at radius 1 is 1.22 bits per heavy atom. The van der Waals surface area contributed by atoms with Gasteiger partial charge < -0.3 is 0 Å². The lowest BCUT2D eigenvalue weighted by Gasteiger charge is -2.16. The average Bonchev–Trinajstić information content (AvgIpc) is 2.96. The van der Waals surface area contributed by atoms with Crippen molar-refractivity contribution in [2.45, 2.75) is 13.1 Å². The lowest BCUT2D eigenvalue weighted by atomic mass is 10.0. The van der Waals surface area contributed by atoms with Gasteiger partial charge in [-0.05, 0) is 30.7 Å². The van der Waals surface area contributed by atoms with E-state index in [0.29, 0.717) is 11.6 Å². The van der Waals surface area contributed by atoms with E-state index in [2.05, 4.69) is 9.71 Å². The molecule has 2 aromatic heterocycles. The number of aromatic nitrogens is 2. The van der Waals surface area contributed by atoms with Crippen LogP contribution in [-0.4, -0.2) is 24.1 Å². The van der Waals surface area contributed by atoms with E-state index in [1.165, 1.54) is 13.0 Å². The van der Waals surface area contributed by atoms with E-state index in [-0.39, 0.29) is 27.5 Å². The Hall–Kier alpha value is -2.33. The number of imidazole rings is 1. The van der Waals surface area contributed by atoms with E-state index < -0.39 is 27.7 Å². The second kappa shape index (κ2) is 6.38. The van der Waals surface area contributed by atoms with Crippen molar-refractivity contribution in [1.29, 1.82) is 0 Å². The average molecular weight is 422 g/mol. The largest absolute Gasteiger partial charge is 0.431 e. The maximum absolute atomic E-state index is 14.6. The number of alkyl halides is 3. The number of pyridine rings is 1. The zero-order valence-electron chi connectivity index (χ0n) is 13.9. The van der Waals surface area contributed by atoms with Gasteiger partial charge in [-0.2, -0.15) is 13.2 Å². The number of halogens is 5. The molecule has 0 fully saturated rings. The minimum atomic E-state index is -4.70. The standard InChI is InChI=1S/C16H12ClF4N3O2S/c1-8-5-11(18)9(6-12(8)23-27(2,25)26)14-10(17)7-13(16(19,20)21)24-4-3-22-15(14)24/h3-7,23H,1-2H3. The first-order valence-corrected chi connectivity index (χ1v) is 9.66. The van der Waals surface area contributed by atoms with Crippen LogP contribution in [0.3, 0.4) is 0 Å². The molecular weight excluding hydrogens is 410 g/mol. The van der Waals surface area contributed by atoms with Gasteiger partial charge >= 0.3 is 6.18 Å². The van der Waals surface area contributed by atoms with Crippen molar-refractivity contribution in [3.05, 3.63) is 52.7 Å². The van der Waals surface area contributed by atoms with Gasteiger partial charge in [-0.1, -0.05) is 11.6 Å². The third-order valence-electron chi connectivity index (χ3n) is 3.80. The number of nitrogens with zero attached hydrogens (tertiary/aromatic N) is 2. The molecule has 3 aromatic rings. The molecule has 0 aliphatic rings. The van der Waals surface area contributed by atoms with Crippen molar-refractivity contribution in [1.82, 2.24) is 9.38 Å². The fourth-order valence-electron chi connectivity index (χ4n) is 2.69. The van der Waals surface area contributed by atoms with Gasteiger partial charge in [0, 0.05) is 23.5 Å². The third kappa shape index (κ3) is 3.72.